The summed E-state index contributed by atoms with van der Waals surface area (Å²) in [7, 11) is 0. The first-order valence-corrected chi connectivity index (χ1v) is 7.05. The van der Waals surface area contributed by atoms with Crippen molar-refractivity contribution >= 4 is 29.6 Å². The highest BCUT2D eigenvalue weighted by atomic mass is 16.5. The van der Waals surface area contributed by atoms with Crippen LogP contribution >= 0.6 is 0 Å². The van der Waals surface area contributed by atoms with Crippen molar-refractivity contribution in [1.29, 1.82) is 0 Å². The van der Waals surface area contributed by atoms with E-state index in [1.165, 1.54) is 12.2 Å². The quantitative estimate of drug-likeness (QED) is 0.540. The first kappa shape index (κ1) is 18.5. The number of carboxylic acid groups (broad SMARTS) is 1. The van der Waals surface area contributed by atoms with Gasteiger partial charge in [-0.3, -0.25) is 34.1 Å². The fourth-order valence-corrected chi connectivity index (χ4v) is 2.09. The Hall–Kier alpha value is -2.55. The number of carboxylic acids is 1. The molecule has 0 aromatic heterocycles. The molecule has 1 fully saturated rings. The largest absolute Gasteiger partial charge is 0.481 e. The average molecular weight is 326 g/mol. The Bertz CT molecular complexity index is 521. The summed E-state index contributed by atoms with van der Waals surface area (Å²) in [5.74, 6) is -2.50. The van der Waals surface area contributed by atoms with E-state index >= 15 is 0 Å². The highest BCUT2D eigenvalue weighted by molar-refractivity contribution is 6.13. The highest BCUT2D eigenvalue weighted by Crippen LogP contribution is 2.14. The highest BCUT2D eigenvalue weighted by Gasteiger charge is 2.28. The van der Waals surface area contributed by atoms with Crippen molar-refractivity contribution in [2.24, 2.45) is 0 Å². The molecule has 2 aliphatic heterocycles. The maximum absolute atomic E-state index is 11.2. The molecule has 2 aliphatic rings. The molecule has 9 nitrogen and oxygen atoms in total. The summed E-state index contributed by atoms with van der Waals surface area (Å²) >= 11 is 0. The Balaban J connectivity index is 0.000000277. The van der Waals surface area contributed by atoms with Gasteiger partial charge >= 0.3 is 5.97 Å². The predicted molar refractivity (Wildman–Crippen MR) is 74.8 cm³/mol. The zero-order chi connectivity index (χ0) is 17.6. The molecule has 2 heterocycles. The van der Waals surface area contributed by atoms with Crippen molar-refractivity contribution in [2.75, 3.05) is 0 Å². The Morgan fingerprint density at radius 2 is 1.61 bits per heavy atom. The maximum atomic E-state index is 11.2. The molecule has 0 radical (unpaired) electrons. The molecule has 0 bridgehead atoms. The van der Waals surface area contributed by atoms with Gasteiger partial charge in [0.2, 0.25) is 0 Å². The standard InChI is InChI=1S/C10H13NO4.C4H5NO3/c1-7(3-2-4-10(14)15)11-8(12)5-6-9(11)13;6-3-1-2-4(7)5(3)8/h5-7H,2-4H2,1H3,(H,14,15);8H,1-2H2. The van der Waals surface area contributed by atoms with Crippen molar-refractivity contribution in [3.8, 4) is 0 Å². The number of nitrogens with zero attached hydrogens (tertiary/aromatic N) is 2. The lowest BCUT2D eigenvalue weighted by atomic mass is 10.1. The van der Waals surface area contributed by atoms with Crippen molar-refractivity contribution in [3.05, 3.63) is 12.2 Å². The number of imide groups is 2. The molecular formula is C14H18N2O7. The van der Waals surface area contributed by atoms with Gasteiger partial charge in [0.15, 0.2) is 0 Å². The number of hydrogen-bond donors (Lipinski definition) is 2. The van der Waals surface area contributed by atoms with Crippen LogP contribution in [0.1, 0.15) is 39.0 Å². The minimum Gasteiger partial charge on any atom is -0.481 e. The van der Waals surface area contributed by atoms with Gasteiger partial charge in [-0.2, -0.15) is 5.06 Å². The molecule has 1 atom stereocenters. The Morgan fingerprint density at radius 1 is 1.13 bits per heavy atom. The van der Waals surface area contributed by atoms with Crippen LogP contribution in [0.25, 0.3) is 0 Å². The first-order valence-electron chi connectivity index (χ1n) is 7.05. The molecule has 0 aromatic carbocycles. The predicted octanol–water partition coefficient (Wildman–Crippen LogP) is 0.0794. The van der Waals surface area contributed by atoms with E-state index < -0.39 is 17.8 Å². The lowest BCUT2D eigenvalue weighted by Crippen LogP contribution is -2.38. The van der Waals surface area contributed by atoms with Crippen LogP contribution < -0.4 is 0 Å². The van der Waals surface area contributed by atoms with Gasteiger partial charge in [0, 0.05) is 37.5 Å². The molecule has 9 heteroatoms. The number of hydroxylamine groups is 2. The fraction of sp³-hybridized carbons (Fsp3) is 0.500. The van der Waals surface area contributed by atoms with E-state index in [9.17, 15) is 24.0 Å². The number of rotatable bonds is 5. The van der Waals surface area contributed by atoms with Crippen LogP contribution in [0.4, 0.5) is 0 Å². The van der Waals surface area contributed by atoms with Crippen LogP contribution in [0.15, 0.2) is 12.2 Å². The van der Waals surface area contributed by atoms with E-state index in [2.05, 4.69) is 0 Å². The molecule has 1 unspecified atom stereocenters. The smallest absolute Gasteiger partial charge is 0.303 e. The zero-order valence-corrected chi connectivity index (χ0v) is 12.6. The third kappa shape index (κ3) is 5.29. The molecular weight excluding hydrogens is 308 g/mol. The lowest BCUT2D eigenvalue weighted by molar-refractivity contribution is -0.171. The van der Waals surface area contributed by atoms with E-state index in [0.29, 0.717) is 12.8 Å². The minimum absolute atomic E-state index is 0.0635. The van der Waals surface area contributed by atoms with Gasteiger partial charge in [-0.05, 0) is 19.8 Å². The second kappa shape index (κ2) is 8.18. The normalized spacial score (nSPS) is 18.3. The summed E-state index contributed by atoms with van der Waals surface area (Å²) in [5, 5.41) is 17.0. The summed E-state index contributed by atoms with van der Waals surface area (Å²) in [5.41, 5.74) is 0. The summed E-state index contributed by atoms with van der Waals surface area (Å²) < 4.78 is 0. The molecule has 126 valence electrons. The topological polar surface area (TPSA) is 132 Å². The third-order valence-corrected chi connectivity index (χ3v) is 3.32. The molecule has 1 saturated heterocycles. The van der Waals surface area contributed by atoms with Crippen LogP contribution in [0, 0.1) is 0 Å². The van der Waals surface area contributed by atoms with Crippen molar-refractivity contribution in [2.45, 2.75) is 45.1 Å². The van der Waals surface area contributed by atoms with Crippen LogP contribution in [-0.2, 0) is 24.0 Å². The number of carbonyl (C=O) groups is 5. The summed E-state index contributed by atoms with van der Waals surface area (Å²) in [6.45, 7) is 1.74. The Morgan fingerprint density at radius 3 is 1.96 bits per heavy atom. The van der Waals surface area contributed by atoms with Gasteiger partial charge in [-0.25, -0.2) is 0 Å². The maximum Gasteiger partial charge on any atom is 0.303 e. The van der Waals surface area contributed by atoms with Crippen LogP contribution in [-0.4, -0.2) is 55.9 Å². The molecule has 23 heavy (non-hydrogen) atoms. The molecule has 4 amide bonds. The van der Waals surface area contributed by atoms with Crippen molar-refractivity contribution in [1.82, 2.24) is 9.96 Å². The van der Waals surface area contributed by atoms with E-state index in [1.54, 1.807) is 6.92 Å². The van der Waals surface area contributed by atoms with Gasteiger partial charge in [-0.15, -0.1) is 0 Å². The zero-order valence-electron chi connectivity index (χ0n) is 12.6. The second-order valence-corrected chi connectivity index (χ2v) is 5.11. The average Bonchev–Trinajstić information content (AvgIpc) is 2.96. The monoisotopic (exact) mass is 326 g/mol. The van der Waals surface area contributed by atoms with Crippen LogP contribution in [0.5, 0.6) is 0 Å². The number of aliphatic carboxylic acids is 1. The van der Waals surface area contributed by atoms with E-state index in [-0.39, 0.29) is 42.2 Å². The molecule has 0 aromatic rings. The fourth-order valence-electron chi connectivity index (χ4n) is 2.09. The number of hydrogen-bond acceptors (Lipinski definition) is 6. The van der Waals surface area contributed by atoms with E-state index in [4.69, 9.17) is 10.3 Å². The van der Waals surface area contributed by atoms with E-state index in [1.807, 2.05) is 0 Å². The van der Waals surface area contributed by atoms with Gasteiger partial charge in [-0.1, -0.05) is 0 Å². The van der Waals surface area contributed by atoms with Gasteiger partial charge in [0.25, 0.3) is 23.6 Å². The van der Waals surface area contributed by atoms with Gasteiger partial charge in [0.05, 0.1) is 0 Å². The van der Waals surface area contributed by atoms with E-state index in [0.717, 1.165) is 4.90 Å². The molecule has 2 N–H and O–H groups in total. The third-order valence-electron chi connectivity index (χ3n) is 3.32. The van der Waals surface area contributed by atoms with Crippen molar-refractivity contribution < 1.29 is 34.3 Å². The number of carbonyl (C=O) groups excluding carboxylic acids is 4. The molecule has 0 saturated carbocycles. The van der Waals surface area contributed by atoms with Gasteiger partial charge in [0.1, 0.15) is 0 Å². The van der Waals surface area contributed by atoms with Gasteiger partial charge < -0.3 is 5.11 Å². The van der Waals surface area contributed by atoms with Crippen LogP contribution in [0.2, 0.25) is 0 Å². The molecule has 2 rings (SSSR count). The summed E-state index contributed by atoms with van der Waals surface area (Å²) in [6.07, 6.45) is 3.81. The number of amides is 4. The molecule has 0 spiro atoms. The summed E-state index contributed by atoms with van der Waals surface area (Å²) in [4.78, 5) is 54.4. The Labute approximate surface area is 132 Å². The van der Waals surface area contributed by atoms with Crippen LogP contribution in [0.3, 0.4) is 0 Å². The molecule has 0 aliphatic carbocycles. The second-order valence-electron chi connectivity index (χ2n) is 5.11. The first-order chi connectivity index (χ1) is 10.7. The summed E-state index contributed by atoms with van der Waals surface area (Å²) in [6, 6.07) is -0.237. The Kier molecular flexibility index (Phi) is 6.58. The minimum atomic E-state index is -0.862. The lowest BCUT2D eigenvalue weighted by Gasteiger charge is -2.21. The van der Waals surface area contributed by atoms with Crippen molar-refractivity contribution in [3.63, 3.8) is 0 Å². The SMILES string of the molecule is CC(CCCC(=O)O)N1C(=O)C=CC1=O.O=C1CCC(=O)N1O.